The Balaban J connectivity index is 1.80. The number of fused-ring (bicyclic) bond motifs is 2. The number of rotatable bonds is 1. The fourth-order valence-corrected chi connectivity index (χ4v) is 3.72. The van der Waals surface area contributed by atoms with Gasteiger partial charge in [0, 0.05) is 23.9 Å². The van der Waals surface area contributed by atoms with Crippen molar-refractivity contribution in [2.45, 2.75) is 59.2 Å². The molecule has 1 aliphatic heterocycles. The van der Waals surface area contributed by atoms with Crippen LogP contribution >= 0.6 is 0 Å². The number of ether oxygens (including phenoxy) is 1. The van der Waals surface area contributed by atoms with E-state index in [1.165, 1.54) is 10.1 Å². The van der Waals surface area contributed by atoms with Crippen molar-refractivity contribution in [3.63, 3.8) is 0 Å². The van der Waals surface area contributed by atoms with Crippen molar-refractivity contribution in [2.75, 3.05) is 0 Å². The molecule has 4 rings (SSSR count). The fraction of sp³-hybridized carbons (Fsp3) is 0.409. The molecular formula is C22H26N4O3. The Morgan fingerprint density at radius 3 is 2.59 bits per heavy atom. The number of nitrogens with zero attached hydrogens (tertiary/aromatic N) is 3. The molecule has 0 spiro atoms. The summed E-state index contributed by atoms with van der Waals surface area (Å²) in [5.41, 5.74) is 4.20. The maximum atomic E-state index is 13.0. The molecule has 29 heavy (non-hydrogen) atoms. The second-order valence-corrected chi connectivity index (χ2v) is 8.63. The summed E-state index contributed by atoms with van der Waals surface area (Å²) in [7, 11) is 0. The summed E-state index contributed by atoms with van der Waals surface area (Å²) in [5.74, 6) is 0. The summed E-state index contributed by atoms with van der Waals surface area (Å²) < 4.78 is 7.12. The van der Waals surface area contributed by atoms with Gasteiger partial charge >= 0.3 is 6.09 Å². The van der Waals surface area contributed by atoms with Crippen molar-refractivity contribution in [1.29, 1.82) is 0 Å². The Labute approximate surface area is 169 Å². The average molecular weight is 394 g/mol. The quantitative estimate of drug-likeness (QED) is 0.683. The Morgan fingerprint density at radius 2 is 1.90 bits per heavy atom. The largest absolute Gasteiger partial charge is 0.444 e. The van der Waals surface area contributed by atoms with Gasteiger partial charge in [0.2, 0.25) is 0 Å². The Bertz CT molecular complexity index is 1150. The normalized spacial score (nSPS) is 16.7. The highest BCUT2D eigenvalue weighted by Gasteiger charge is 2.35. The summed E-state index contributed by atoms with van der Waals surface area (Å²) in [6.07, 6.45) is 0.262. The lowest BCUT2D eigenvalue weighted by atomic mass is 9.92. The van der Waals surface area contributed by atoms with E-state index < -0.39 is 5.60 Å². The first kappa shape index (κ1) is 19.2. The molecule has 7 heteroatoms. The van der Waals surface area contributed by atoms with E-state index in [1.807, 2.05) is 52.0 Å². The predicted octanol–water partition coefficient (Wildman–Crippen LogP) is 3.67. The van der Waals surface area contributed by atoms with Gasteiger partial charge in [-0.1, -0.05) is 24.3 Å². The molecule has 1 aromatic carbocycles. The number of amides is 1. The first-order valence-electron chi connectivity index (χ1n) is 9.79. The highest BCUT2D eigenvalue weighted by atomic mass is 16.6. The average Bonchev–Trinajstić information content (AvgIpc) is 3.07. The summed E-state index contributed by atoms with van der Waals surface area (Å²) >= 11 is 0. The van der Waals surface area contributed by atoms with Crippen LogP contribution in [0.3, 0.4) is 0 Å². The van der Waals surface area contributed by atoms with Gasteiger partial charge in [-0.2, -0.15) is 0 Å². The number of nitrogens with one attached hydrogen (secondary N) is 1. The molecule has 0 aliphatic carbocycles. The lowest BCUT2D eigenvalue weighted by Crippen LogP contribution is -2.42. The van der Waals surface area contributed by atoms with Crippen LogP contribution in [-0.2, 0) is 17.7 Å². The molecule has 0 bridgehead atoms. The number of carbonyl (C=O) groups excluding carboxylic acids is 1. The predicted molar refractivity (Wildman–Crippen MR) is 110 cm³/mol. The number of aromatic nitrogens is 3. The molecular weight excluding hydrogens is 368 g/mol. The van der Waals surface area contributed by atoms with Crippen molar-refractivity contribution in [2.24, 2.45) is 0 Å². The molecule has 0 saturated carbocycles. The fourth-order valence-electron chi connectivity index (χ4n) is 3.72. The van der Waals surface area contributed by atoms with Gasteiger partial charge in [0.1, 0.15) is 5.60 Å². The third-order valence-electron chi connectivity index (χ3n) is 5.34. The van der Waals surface area contributed by atoms with Crippen LogP contribution in [0, 0.1) is 13.8 Å². The van der Waals surface area contributed by atoms with Gasteiger partial charge < -0.3 is 4.74 Å². The smallest absolute Gasteiger partial charge is 0.411 e. The first-order chi connectivity index (χ1) is 13.6. The zero-order valence-electron chi connectivity index (χ0n) is 17.4. The molecule has 0 radical (unpaired) electrons. The zero-order chi connectivity index (χ0) is 20.9. The number of hydrogen-bond donors (Lipinski definition) is 1. The maximum absolute atomic E-state index is 13.0. The van der Waals surface area contributed by atoms with E-state index in [-0.39, 0.29) is 17.7 Å². The minimum absolute atomic E-state index is 0.126. The van der Waals surface area contributed by atoms with Gasteiger partial charge in [0.15, 0.2) is 5.65 Å². The molecule has 1 amide bonds. The number of aromatic amines is 1. The van der Waals surface area contributed by atoms with Crippen LogP contribution in [0.15, 0.2) is 35.1 Å². The van der Waals surface area contributed by atoms with Crippen LogP contribution in [0.5, 0.6) is 0 Å². The van der Waals surface area contributed by atoms with Gasteiger partial charge in [-0.3, -0.25) is 14.8 Å². The molecule has 3 aromatic rings. The van der Waals surface area contributed by atoms with E-state index in [1.54, 1.807) is 11.8 Å². The molecule has 0 saturated heterocycles. The number of hydrogen-bond acceptors (Lipinski definition) is 4. The van der Waals surface area contributed by atoms with Crippen molar-refractivity contribution in [3.05, 3.63) is 68.8 Å². The zero-order valence-corrected chi connectivity index (χ0v) is 17.4. The second-order valence-electron chi connectivity index (χ2n) is 8.63. The van der Waals surface area contributed by atoms with E-state index in [0.29, 0.717) is 29.9 Å². The lowest BCUT2D eigenvalue weighted by molar-refractivity contribution is 0.0111. The highest BCUT2D eigenvalue weighted by molar-refractivity contribution is 5.69. The molecule has 0 fully saturated rings. The number of aryl methyl sites for hydroxylation is 1. The van der Waals surface area contributed by atoms with E-state index in [9.17, 15) is 9.59 Å². The Morgan fingerprint density at radius 1 is 1.21 bits per heavy atom. The molecule has 1 aliphatic rings. The second kappa shape index (κ2) is 6.76. The van der Waals surface area contributed by atoms with Gasteiger partial charge in [0.25, 0.3) is 5.56 Å². The molecule has 2 aromatic heterocycles. The molecule has 3 heterocycles. The number of carbonyl (C=O) groups is 1. The van der Waals surface area contributed by atoms with Gasteiger partial charge in [-0.25, -0.2) is 14.3 Å². The molecule has 1 atom stereocenters. The van der Waals surface area contributed by atoms with Crippen LogP contribution in [-0.4, -0.2) is 31.2 Å². The third-order valence-corrected chi connectivity index (χ3v) is 5.34. The maximum Gasteiger partial charge on any atom is 0.411 e. The van der Waals surface area contributed by atoms with Crippen LogP contribution < -0.4 is 5.56 Å². The standard InChI is InChI=1S/C22H26N4O3/c1-13-14(2)23-19-11-17(24-26(19)20(13)27)18-10-15-8-6-7-9-16(15)12-25(18)21(28)29-22(3,4)5/h6-9,11,18,24H,10,12H2,1-5H3. The van der Waals surface area contributed by atoms with Gasteiger partial charge in [0.05, 0.1) is 11.7 Å². The number of benzene rings is 1. The van der Waals surface area contributed by atoms with Gasteiger partial charge in [-0.15, -0.1) is 0 Å². The van der Waals surface area contributed by atoms with Gasteiger partial charge in [-0.05, 0) is 52.2 Å². The molecule has 152 valence electrons. The van der Waals surface area contributed by atoms with Crippen molar-refractivity contribution < 1.29 is 9.53 Å². The van der Waals surface area contributed by atoms with Crippen LogP contribution in [0.1, 0.15) is 54.9 Å². The van der Waals surface area contributed by atoms with E-state index in [2.05, 4.69) is 16.1 Å². The van der Waals surface area contributed by atoms with Crippen molar-refractivity contribution in [3.8, 4) is 0 Å². The van der Waals surface area contributed by atoms with E-state index >= 15 is 0 Å². The topological polar surface area (TPSA) is 79.7 Å². The minimum atomic E-state index is -0.592. The molecule has 7 nitrogen and oxygen atoms in total. The van der Waals surface area contributed by atoms with Crippen molar-refractivity contribution >= 4 is 11.7 Å². The van der Waals surface area contributed by atoms with Crippen molar-refractivity contribution in [1.82, 2.24) is 19.5 Å². The minimum Gasteiger partial charge on any atom is -0.444 e. The third kappa shape index (κ3) is 3.52. The van der Waals surface area contributed by atoms with Crippen LogP contribution in [0.25, 0.3) is 5.65 Å². The summed E-state index contributed by atoms with van der Waals surface area (Å²) in [6.45, 7) is 9.61. The highest BCUT2D eigenvalue weighted by Crippen LogP contribution is 2.34. The monoisotopic (exact) mass is 394 g/mol. The van der Waals surface area contributed by atoms with E-state index in [0.717, 1.165) is 11.3 Å². The molecule has 1 unspecified atom stereocenters. The summed E-state index contributed by atoms with van der Waals surface area (Å²) in [6, 6.07) is 9.67. The molecule has 1 N–H and O–H groups in total. The van der Waals surface area contributed by atoms with E-state index in [4.69, 9.17) is 4.74 Å². The number of H-pyrrole nitrogens is 1. The van der Waals surface area contributed by atoms with Crippen LogP contribution in [0.2, 0.25) is 0 Å². The summed E-state index contributed by atoms with van der Waals surface area (Å²) in [5, 5.41) is 3.17. The lowest BCUT2D eigenvalue weighted by Gasteiger charge is -2.37. The Kier molecular flexibility index (Phi) is 4.48. The SMILES string of the molecule is Cc1nc2cc(C3Cc4ccccc4CN3C(=O)OC(C)(C)C)[nH]n2c(=O)c1C. The first-order valence-corrected chi connectivity index (χ1v) is 9.79. The van der Waals surface area contributed by atoms with Crippen LogP contribution in [0.4, 0.5) is 4.79 Å². The summed E-state index contributed by atoms with van der Waals surface area (Å²) in [4.78, 5) is 31.9. The Hall–Kier alpha value is -3.09.